The first-order chi connectivity index (χ1) is 11.4. The van der Waals surface area contributed by atoms with Crippen LogP contribution in [0.25, 0.3) is 0 Å². The summed E-state index contributed by atoms with van der Waals surface area (Å²) in [4.78, 5) is 10.4. The molecule has 0 aliphatic heterocycles. The minimum absolute atomic E-state index is 0.0197. The maximum Gasteiger partial charge on any atom is 0.292 e. The van der Waals surface area contributed by atoms with E-state index in [9.17, 15) is 18.9 Å². The number of halogens is 2. The van der Waals surface area contributed by atoms with Crippen molar-refractivity contribution in [2.45, 2.75) is 6.92 Å². The highest BCUT2D eigenvalue weighted by atomic mass is 32.1. The number of nitrogens with one attached hydrogen (secondary N) is 2. The first-order valence-electron chi connectivity index (χ1n) is 6.68. The van der Waals surface area contributed by atoms with Crippen molar-refractivity contribution in [3.8, 4) is 0 Å². The third kappa shape index (κ3) is 4.29. The highest BCUT2D eigenvalue weighted by Crippen LogP contribution is 2.22. The Kier molecular flexibility index (Phi) is 5.48. The molecular weight excluding hydrogens is 338 g/mol. The normalized spacial score (nSPS) is 11.0. The van der Waals surface area contributed by atoms with E-state index < -0.39 is 16.6 Å². The van der Waals surface area contributed by atoms with Gasteiger partial charge in [0.1, 0.15) is 5.69 Å². The lowest BCUT2D eigenvalue weighted by Crippen LogP contribution is -2.25. The Bertz CT molecular complexity index is 827. The molecule has 2 aromatic carbocycles. The van der Waals surface area contributed by atoms with Crippen LogP contribution < -0.4 is 10.7 Å². The van der Waals surface area contributed by atoms with Crippen molar-refractivity contribution >= 4 is 34.4 Å². The predicted octanol–water partition coefficient (Wildman–Crippen LogP) is 3.58. The van der Waals surface area contributed by atoms with Gasteiger partial charge < -0.3 is 5.32 Å². The fraction of sp³-hybridized carbons (Fsp3) is 0.0667. The number of para-hydroxylation sites is 2. The van der Waals surface area contributed by atoms with Crippen LogP contribution in [0.2, 0.25) is 0 Å². The number of rotatable bonds is 4. The highest BCUT2D eigenvalue weighted by Gasteiger charge is 2.13. The van der Waals surface area contributed by atoms with Gasteiger partial charge in [-0.2, -0.15) is 5.10 Å². The number of thiocarbonyl (C=S) groups is 1. The number of nitro groups is 1. The Morgan fingerprint density at radius 2 is 1.92 bits per heavy atom. The van der Waals surface area contributed by atoms with Gasteiger partial charge in [0.05, 0.1) is 10.6 Å². The number of hydrazone groups is 1. The fourth-order valence-electron chi connectivity index (χ4n) is 1.81. The van der Waals surface area contributed by atoms with E-state index in [2.05, 4.69) is 15.8 Å². The van der Waals surface area contributed by atoms with Crippen LogP contribution in [-0.2, 0) is 0 Å². The van der Waals surface area contributed by atoms with Crippen LogP contribution in [0.4, 0.5) is 20.2 Å². The molecule has 0 spiro atoms. The predicted molar refractivity (Wildman–Crippen MR) is 91.0 cm³/mol. The minimum Gasteiger partial charge on any atom is -0.326 e. The van der Waals surface area contributed by atoms with E-state index >= 15 is 0 Å². The van der Waals surface area contributed by atoms with E-state index in [4.69, 9.17) is 12.2 Å². The van der Waals surface area contributed by atoms with Gasteiger partial charge in [-0.05, 0) is 43.4 Å². The number of anilines is 1. The molecule has 2 aromatic rings. The summed E-state index contributed by atoms with van der Waals surface area (Å²) < 4.78 is 26.1. The zero-order chi connectivity index (χ0) is 17.7. The van der Waals surface area contributed by atoms with Crippen LogP contribution >= 0.6 is 12.2 Å². The van der Waals surface area contributed by atoms with Crippen molar-refractivity contribution in [1.29, 1.82) is 0 Å². The molecule has 2 rings (SSSR count). The summed E-state index contributed by atoms with van der Waals surface area (Å²) in [6.45, 7) is 1.58. The second-order valence-electron chi connectivity index (χ2n) is 4.67. The van der Waals surface area contributed by atoms with Crippen molar-refractivity contribution in [2.75, 3.05) is 5.32 Å². The molecule has 9 heteroatoms. The van der Waals surface area contributed by atoms with E-state index in [1.54, 1.807) is 13.0 Å². The molecule has 0 unspecified atom stereocenters. The quantitative estimate of drug-likeness (QED) is 0.381. The molecule has 0 radical (unpaired) electrons. The molecule has 6 nitrogen and oxygen atoms in total. The largest absolute Gasteiger partial charge is 0.326 e. The smallest absolute Gasteiger partial charge is 0.292 e. The molecule has 2 N–H and O–H groups in total. The van der Waals surface area contributed by atoms with Gasteiger partial charge in [0.15, 0.2) is 16.7 Å². The van der Waals surface area contributed by atoms with Crippen LogP contribution in [0.15, 0.2) is 47.6 Å². The molecule has 0 heterocycles. The standard InChI is InChI=1S/C15H12F2N4O2S/c1-9(10-6-7-11(16)12(17)8-10)19-20-15(24)18-13-4-2-3-5-14(13)21(22)23/h2-8H,1H3,(H2,18,20,24)/b19-9-. The van der Waals surface area contributed by atoms with Crippen LogP contribution in [-0.4, -0.2) is 15.7 Å². The summed E-state index contributed by atoms with van der Waals surface area (Å²) in [5.74, 6) is -1.93. The number of nitrogens with zero attached hydrogens (tertiary/aromatic N) is 2. The van der Waals surface area contributed by atoms with Crippen LogP contribution in [0.1, 0.15) is 12.5 Å². The molecule has 0 aliphatic carbocycles. The van der Waals surface area contributed by atoms with Gasteiger partial charge in [-0.25, -0.2) is 8.78 Å². The van der Waals surface area contributed by atoms with Gasteiger partial charge in [0.25, 0.3) is 5.69 Å². The number of nitro benzene ring substituents is 1. The second kappa shape index (κ2) is 7.55. The summed E-state index contributed by atoms with van der Waals surface area (Å²) in [7, 11) is 0. The van der Waals surface area contributed by atoms with E-state index in [-0.39, 0.29) is 16.5 Å². The summed E-state index contributed by atoms with van der Waals surface area (Å²) >= 11 is 5.01. The van der Waals surface area contributed by atoms with Crippen LogP contribution in [0.5, 0.6) is 0 Å². The first kappa shape index (κ1) is 17.4. The molecule has 0 fully saturated rings. The maximum atomic E-state index is 13.2. The lowest BCUT2D eigenvalue weighted by molar-refractivity contribution is -0.383. The zero-order valence-electron chi connectivity index (χ0n) is 12.4. The Labute approximate surface area is 141 Å². The monoisotopic (exact) mass is 350 g/mol. The Morgan fingerprint density at radius 3 is 2.58 bits per heavy atom. The summed E-state index contributed by atoms with van der Waals surface area (Å²) in [5, 5.41) is 17.5. The molecule has 24 heavy (non-hydrogen) atoms. The minimum atomic E-state index is -0.984. The van der Waals surface area contributed by atoms with Gasteiger partial charge in [-0.3, -0.25) is 15.5 Å². The lowest BCUT2D eigenvalue weighted by atomic mass is 10.1. The first-order valence-corrected chi connectivity index (χ1v) is 7.09. The Morgan fingerprint density at radius 1 is 1.21 bits per heavy atom. The van der Waals surface area contributed by atoms with Crippen molar-refractivity contribution in [1.82, 2.24) is 5.43 Å². The third-order valence-corrected chi connectivity index (χ3v) is 3.20. The lowest BCUT2D eigenvalue weighted by Gasteiger charge is -2.08. The molecule has 0 atom stereocenters. The van der Waals surface area contributed by atoms with Crippen LogP contribution in [0.3, 0.4) is 0 Å². The zero-order valence-corrected chi connectivity index (χ0v) is 13.2. The van der Waals surface area contributed by atoms with Crippen molar-refractivity contribution in [2.24, 2.45) is 5.10 Å². The number of benzene rings is 2. The number of hydrogen-bond donors (Lipinski definition) is 2. The molecule has 0 aromatic heterocycles. The van der Waals surface area contributed by atoms with E-state index in [1.165, 1.54) is 24.3 Å². The second-order valence-corrected chi connectivity index (χ2v) is 5.07. The molecule has 0 saturated carbocycles. The maximum absolute atomic E-state index is 13.2. The van der Waals surface area contributed by atoms with E-state index in [1.807, 2.05) is 0 Å². The Hall–Kier alpha value is -2.94. The van der Waals surface area contributed by atoms with Gasteiger partial charge in [-0.15, -0.1) is 0 Å². The third-order valence-electron chi connectivity index (χ3n) is 3.01. The average Bonchev–Trinajstić information content (AvgIpc) is 2.55. The highest BCUT2D eigenvalue weighted by molar-refractivity contribution is 7.80. The van der Waals surface area contributed by atoms with Crippen molar-refractivity contribution in [3.05, 3.63) is 69.8 Å². The average molecular weight is 350 g/mol. The summed E-state index contributed by atoms with van der Waals surface area (Å²) in [6, 6.07) is 9.36. The summed E-state index contributed by atoms with van der Waals surface area (Å²) in [5.41, 5.74) is 3.30. The SMILES string of the molecule is C/C(=N/NC(=S)Nc1ccccc1[N+](=O)[O-])c1ccc(F)c(F)c1. The van der Waals surface area contributed by atoms with Gasteiger partial charge in [0.2, 0.25) is 0 Å². The van der Waals surface area contributed by atoms with Gasteiger partial charge >= 0.3 is 0 Å². The Balaban J connectivity index is 2.07. The molecule has 0 saturated heterocycles. The molecular formula is C15H12F2N4O2S. The van der Waals surface area contributed by atoms with E-state index in [0.717, 1.165) is 12.1 Å². The van der Waals surface area contributed by atoms with Crippen LogP contribution in [0, 0.1) is 21.7 Å². The fourth-order valence-corrected chi connectivity index (χ4v) is 1.96. The topological polar surface area (TPSA) is 79.6 Å². The molecule has 0 aliphatic rings. The van der Waals surface area contributed by atoms with Gasteiger partial charge in [-0.1, -0.05) is 12.1 Å². The van der Waals surface area contributed by atoms with Crippen molar-refractivity contribution in [3.63, 3.8) is 0 Å². The summed E-state index contributed by atoms with van der Waals surface area (Å²) in [6.07, 6.45) is 0. The van der Waals surface area contributed by atoms with Crippen molar-refractivity contribution < 1.29 is 13.7 Å². The molecule has 124 valence electrons. The van der Waals surface area contributed by atoms with E-state index in [0.29, 0.717) is 11.3 Å². The van der Waals surface area contributed by atoms with Gasteiger partial charge in [0, 0.05) is 11.6 Å². The molecule has 0 amide bonds. The number of hydrogen-bond acceptors (Lipinski definition) is 4. The molecule has 0 bridgehead atoms.